The van der Waals surface area contributed by atoms with Gasteiger partial charge in [-0.1, -0.05) is 17.7 Å². The second-order valence-electron chi connectivity index (χ2n) is 3.70. The molecule has 0 N–H and O–H groups in total. The molecule has 20 heavy (non-hydrogen) atoms. The molecule has 0 aliphatic heterocycles. The van der Waals surface area contributed by atoms with E-state index >= 15 is 0 Å². The lowest BCUT2D eigenvalue weighted by molar-refractivity contribution is -0.385. The van der Waals surface area contributed by atoms with E-state index in [0.29, 0.717) is 4.47 Å². The van der Waals surface area contributed by atoms with Crippen LogP contribution in [0.15, 0.2) is 40.9 Å². The second kappa shape index (κ2) is 5.90. The number of hydrogen-bond acceptors (Lipinski definition) is 4. The highest BCUT2D eigenvalue weighted by Crippen LogP contribution is 2.36. The molecule has 100 valence electrons. The molecule has 2 aromatic rings. The van der Waals surface area contributed by atoms with Crippen molar-refractivity contribution in [1.82, 2.24) is 0 Å². The van der Waals surface area contributed by atoms with Crippen molar-refractivity contribution in [3.05, 3.63) is 61.6 Å². The zero-order valence-corrected chi connectivity index (χ0v) is 12.2. The zero-order chi connectivity index (χ0) is 14.7. The third kappa shape index (κ3) is 2.90. The number of benzene rings is 2. The van der Waals surface area contributed by atoms with Gasteiger partial charge in [-0.15, -0.1) is 0 Å². The normalized spacial score (nSPS) is 9.85. The van der Waals surface area contributed by atoms with Crippen molar-refractivity contribution in [1.29, 1.82) is 5.26 Å². The fraction of sp³-hybridized carbons (Fsp3) is 0. The lowest BCUT2D eigenvalue weighted by Gasteiger charge is -2.08. The monoisotopic (exact) mass is 352 g/mol. The summed E-state index contributed by atoms with van der Waals surface area (Å²) < 4.78 is 6.03. The molecular formula is C13H6BrClN2O3. The Balaban J connectivity index is 2.49. The van der Waals surface area contributed by atoms with Crippen molar-refractivity contribution >= 4 is 33.2 Å². The molecule has 0 aromatic heterocycles. The van der Waals surface area contributed by atoms with Gasteiger partial charge in [-0.2, -0.15) is 5.26 Å². The molecule has 0 heterocycles. The first-order valence-electron chi connectivity index (χ1n) is 5.33. The van der Waals surface area contributed by atoms with Crippen LogP contribution in [0.3, 0.4) is 0 Å². The van der Waals surface area contributed by atoms with E-state index in [4.69, 9.17) is 21.6 Å². The van der Waals surface area contributed by atoms with E-state index in [0.717, 1.165) is 0 Å². The molecule has 2 rings (SSSR count). The van der Waals surface area contributed by atoms with Gasteiger partial charge in [0.25, 0.3) is 0 Å². The molecule has 0 aliphatic carbocycles. The van der Waals surface area contributed by atoms with Gasteiger partial charge in [-0.25, -0.2) is 0 Å². The lowest BCUT2D eigenvalue weighted by Crippen LogP contribution is -1.95. The van der Waals surface area contributed by atoms with Crippen LogP contribution in [0.25, 0.3) is 0 Å². The molecule has 0 bridgehead atoms. The van der Waals surface area contributed by atoms with Gasteiger partial charge >= 0.3 is 5.69 Å². The fourth-order valence-corrected chi connectivity index (χ4v) is 2.14. The summed E-state index contributed by atoms with van der Waals surface area (Å²) in [5.41, 5.74) is -0.00175. The highest BCUT2D eigenvalue weighted by atomic mass is 79.9. The SMILES string of the molecule is N#Cc1c(Br)cccc1Oc1ccc(Cl)cc1[N+](=O)[O-]. The van der Waals surface area contributed by atoms with E-state index in [-0.39, 0.29) is 27.8 Å². The van der Waals surface area contributed by atoms with Crippen LogP contribution in [0.4, 0.5) is 5.69 Å². The molecule has 0 radical (unpaired) electrons. The maximum Gasteiger partial charge on any atom is 0.313 e. The fourth-order valence-electron chi connectivity index (χ4n) is 1.54. The van der Waals surface area contributed by atoms with Crippen LogP contribution in [0.1, 0.15) is 5.56 Å². The molecular weight excluding hydrogens is 348 g/mol. The van der Waals surface area contributed by atoms with Crippen LogP contribution < -0.4 is 4.74 Å². The standard InChI is InChI=1S/C13H6BrClN2O3/c14-10-2-1-3-12(9(10)7-16)20-13-5-4-8(15)6-11(13)17(18)19/h1-6H. The van der Waals surface area contributed by atoms with Crippen LogP contribution in [-0.4, -0.2) is 4.92 Å². The third-order valence-corrected chi connectivity index (χ3v) is 3.32. The van der Waals surface area contributed by atoms with E-state index in [1.54, 1.807) is 18.2 Å². The van der Waals surface area contributed by atoms with Crippen molar-refractivity contribution in [2.24, 2.45) is 0 Å². The third-order valence-electron chi connectivity index (χ3n) is 2.42. The highest BCUT2D eigenvalue weighted by molar-refractivity contribution is 9.10. The van der Waals surface area contributed by atoms with Gasteiger partial charge < -0.3 is 4.74 Å². The smallest absolute Gasteiger partial charge is 0.313 e. The number of nitro benzene ring substituents is 1. The van der Waals surface area contributed by atoms with Gasteiger partial charge in [0.1, 0.15) is 17.4 Å². The molecule has 0 aliphatic rings. The van der Waals surface area contributed by atoms with Crippen molar-refractivity contribution in [3.63, 3.8) is 0 Å². The average molecular weight is 354 g/mol. The van der Waals surface area contributed by atoms with E-state index in [2.05, 4.69) is 15.9 Å². The zero-order valence-electron chi connectivity index (χ0n) is 9.84. The molecule has 0 atom stereocenters. The molecule has 7 heteroatoms. The highest BCUT2D eigenvalue weighted by Gasteiger charge is 2.18. The molecule has 0 saturated heterocycles. The number of nitro groups is 1. The Morgan fingerprint density at radius 1 is 1.30 bits per heavy atom. The number of nitriles is 1. The van der Waals surface area contributed by atoms with Gasteiger partial charge in [0.15, 0.2) is 0 Å². The molecule has 0 amide bonds. The molecule has 0 fully saturated rings. The maximum atomic E-state index is 11.0. The molecule has 0 spiro atoms. The van der Waals surface area contributed by atoms with Gasteiger partial charge in [-0.05, 0) is 40.2 Å². The summed E-state index contributed by atoms with van der Waals surface area (Å²) in [6, 6.07) is 11.0. The predicted octanol–water partition coefficient (Wildman–Crippen LogP) is 4.67. The minimum Gasteiger partial charge on any atom is -0.449 e. The van der Waals surface area contributed by atoms with Crippen molar-refractivity contribution in [2.45, 2.75) is 0 Å². The molecule has 0 unspecified atom stereocenters. The first-order chi connectivity index (χ1) is 9.52. The molecule has 0 saturated carbocycles. The van der Waals surface area contributed by atoms with Crippen LogP contribution in [0, 0.1) is 21.4 Å². The first-order valence-corrected chi connectivity index (χ1v) is 6.50. The largest absolute Gasteiger partial charge is 0.449 e. The van der Waals surface area contributed by atoms with Crippen LogP contribution in [-0.2, 0) is 0 Å². The van der Waals surface area contributed by atoms with Crippen LogP contribution in [0.5, 0.6) is 11.5 Å². The van der Waals surface area contributed by atoms with E-state index in [1.807, 2.05) is 6.07 Å². The Hall–Kier alpha value is -2.10. The van der Waals surface area contributed by atoms with E-state index in [1.165, 1.54) is 18.2 Å². The Morgan fingerprint density at radius 3 is 2.70 bits per heavy atom. The van der Waals surface area contributed by atoms with Gasteiger partial charge in [0, 0.05) is 15.6 Å². The van der Waals surface area contributed by atoms with Crippen LogP contribution in [0.2, 0.25) is 5.02 Å². The summed E-state index contributed by atoms with van der Waals surface area (Å²) in [7, 11) is 0. The van der Waals surface area contributed by atoms with Gasteiger partial charge in [0.05, 0.1) is 4.92 Å². The Bertz CT molecular complexity index is 728. The number of rotatable bonds is 3. The Kier molecular flexibility index (Phi) is 4.23. The number of ether oxygens (including phenoxy) is 1. The average Bonchev–Trinajstić information content (AvgIpc) is 2.41. The predicted molar refractivity (Wildman–Crippen MR) is 77.0 cm³/mol. The molecule has 2 aromatic carbocycles. The Morgan fingerprint density at radius 2 is 2.05 bits per heavy atom. The van der Waals surface area contributed by atoms with E-state index < -0.39 is 4.92 Å². The molecule has 5 nitrogen and oxygen atoms in total. The first kappa shape index (κ1) is 14.3. The van der Waals surface area contributed by atoms with Gasteiger partial charge in [0.2, 0.25) is 5.75 Å². The summed E-state index contributed by atoms with van der Waals surface area (Å²) in [5, 5.41) is 20.3. The minimum atomic E-state index is -0.592. The Labute approximate surface area is 127 Å². The summed E-state index contributed by atoms with van der Waals surface area (Å²) in [6.07, 6.45) is 0. The lowest BCUT2D eigenvalue weighted by atomic mass is 10.2. The number of halogens is 2. The maximum absolute atomic E-state index is 11.0. The summed E-state index contributed by atoms with van der Waals surface area (Å²) in [5.74, 6) is 0.251. The summed E-state index contributed by atoms with van der Waals surface area (Å²) in [4.78, 5) is 10.4. The number of nitrogens with zero attached hydrogens (tertiary/aromatic N) is 2. The van der Waals surface area contributed by atoms with Crippen molar-refractivity contribution < 1.29 is 9.66 Å². The topological polar surface area (TPSA) is 76.2 Å². The van der Waals surface area contributed by atoms with Gasteiger partial charge in [-0.3, -0.25) is 10.1 Å². The minimum absolute atomic E-state index is 0.0222. The quantitative estimate of drug-likeness (QED) is 0.593. The van der Waals surface area contributed by atoms with Crippen LogP contribution >= 0.6 is 27.5 Å². The number of hydrogen-bond donors (Lipinski definition) is 0. The second-order valence-corrected chi connectivity index (χ2v) is 4.99. The van der Waals surface area contributed by atoms with E-state index in [9.17, 15) is 10.1 Å². The van der Waals surface area contributed by atoms with Crippen molar-refractivity contribution in [3.8, 4) is 17.6 Å². The summed E-state index contributed by atoms with van der Waals surface area (Å²) in [6.45, 7) is 0. The summed E-state index contributed by atoms with van der Waals surface area (Å²) >= 11 is 8.95. The van der Waals surface area contributed by atoms with Crippen molar-refractivity contribution in [2.75, 3.05) is 0 Å².